The van der Waals surface area contributed by atoms with Crippen molar-refractivity contribution in [2.75, 3.05) is 44.2 Å². The number of anilines is 2. The minimum absolute atomic E-state index is 0.144. The topological polar surface area (TPSA) is 69.7 Å². The van der Waals surface area contributed by atoms with Gasteiger partial charge in [0, 0.05) is 33.9 Å². The summed E-state index contributed by atoms with van der Waals surface area (Å²) in [6, 6.07) is 14.7. The molecule has 1 N–H and O–H groups in total. The van der Waals surface area contributed by atoms with E-state index in [4.69, 9.17) is 0 Å². The summed E-state index contributed by atoms with van der Waals surface area (Å²) in [5.41, 5.74) is 2.38. The Morgan fingerprint density at radius 1 is 1.04 bits per heavy atom. The molecule has 0 aliphatic rings. The van der Waals surface area contributed by atoms with Crippen molar-refractivity contribution in [3.05, 3.63) is 54.1 Å². The second-order valence-electron chi connectivity index (χ2n) is 6.39. The van der Waals surface area contributed by atoms with Gasteiger partial charge in [0.1, 0.15) is 0 Å². The van der Waals surface area contributed by atoms with Crippen LogP contribution in [0.3, 0.4) is 0 Å². The molecule has 0 saturated carbocycles. The Balaban J connectivity index is 2.12. The first-order valence-corrected chi connectivity index (χ1v) is 11.0. The highest BCUT2D eigenvalue weighted by Crippen LogP contribution is 2.28. The van der Waals surface area contributed by atoms with Crippen LogP contribution in [-0.4, -0.2) is 52.6 Å². The lowest BCUT2D eigenvalue weighted by Gasteiger charge is -2.20. The van der Waals surface area contributed by atoms with Crippen LogP contribution in [0, 0.1) is 0 Å². The molecule has 8 heteroatoms. The number of benzene rings is 2. The molecule has 2 aromatic carbocycles. The van der Waals surface area contributed by atoms with Gasteiger partial charge in [-0.05, 0) is 23.8 Å². The smallest absolute Gasteiger partial charge is 0.242 e. The molecule has 0 unspecified atom stereocenters. The molecule has 0 saturated heterocycles. The zero-order chi connectivity index (χ0) is 20.0. The fourth-order valence-corrected chi connectivity index (χ4v) is 4.11. The molecule has 0 aliphatic carbocycles. The minimum atomic E-state index is -3.57. The van der Waals surface area contributed by atoms with Gasteiger partial charge >= 0.3 is 0 Å². The summed E-state index contributed by atoms with van der Waals surface area (Å²) in [5, 5.41) is 2.85. The van der Waals surface area contributed by atoms with Crippen LogP contribution < -0.4 is 10.2 Å². The average Bonchev–Trinajstić information content (AvgIpc) is 2.62. The van der Waals surface area contributed by atoms with E-state index >= 15 is 0 Å². The number of rotatable bonds is 8. The molecule has 6 nitrogen and oxygen atoms in total. The fraction of sp³-hybridized carbons (Fsp3) is 0.316. The van der Waals surface area contributed by atoms with Crippen molar-refractivity contribution >= 4 is 39.1 Å². The Morgan fingerprint density at radius 3 is 2.30 bits per heavy atom. The minimum Gasteiger partial charge on any atom is -0.376 e. The van der Waals surface area contributed by atoms with Crippen molar-refractivity contribution < 1.29 is 13.2 Å². The van der Waals surface area contributed by atoms with Gasteiger partial charge in [0.05, 0.1) is 22.0 Å². The Hall–Kier alpha value is -2.03. The molecule has 0 heterocycles. The van der Waals surface area contributed by atoms with Crippen LogP contribution in [0.2, 0.25) is 0 Å². The van der Waals surface area contributed by atoms with Gasteiger partial charge in [-0.15, -0.1) is 11.8 Å². The monoisotopic (exact) mass is 407 g/mol. The molecule has 0 aliphatic heterocycles. The molecule has 2 rings (SSSR count). The first-order valence-electron chi connectivity index (χ1n) is 8.37. The van der Waals surface area contributed by atoms with Gasteiger partial charge in [0.2, 0.25) is 15.9 Å². The van der Waals surface area contributed by atoms with Crippen LogP contribution in [0.25, 0.3) is 0 Å². The third-order valence-corrected chi connectivity index (χ3v) is 6.66. The van der Waals surface area contributed by atoms with Gasteiger partial charge in [-0.2, -0.15) is 0 Å². The zero-order valence-corrected chi connectivity index (χ0v) is 17.6. The summed E-state index contributed by atoms with van der Waals surface area (Å²) in [7, 11) is 3.07. The molecular formula is C19H25N3O3S2. The van der Waals surface area contributed by atoms with Gasteiger partial charge in [0.25, 0.3) is 0 Å². The summed E-state index contributed by atoms with van der Waals surface area (Å²) in [4.78, 5) is 14.3. The Kier molecular flexibility index (Phi) is 7.29. The lowest BCUT2D eigenvalue weighted by molar-refractivity contribution is -0.113. The highest BCUT2D eigenvalue weighted by Gasteiger charge is 2.20. The maximum atomic E-state index is 12.4. The molecule has 0 fully saturated rings. The number of carbonyl (C=O) groups excluding carboxylic acids is 1. The van der Waals surface area contributed by atoms with Crippen molar-refractivity contribution in [2.45, 2.75) is 10.6 Å². The molecule has 1 amide bonds. The second kappa shape index (κ2) is 9.25. The number of carbonyl (C=O) groups is 1. The number of amides is 1. The van der Waals surface area contributed by atoms with Crippen molar-refractivity contribution in [3.63, 3.8) is 0 Å². The van der Waals surface area contributed by atoms with E-state index < -0.39 is 10.0 Å². The highest BCUT2D eigenvalue weighted by molar-refractivity contribution is 7.99. The van der Waals surface area contributed by atoms with E-state index in [2.05, 4.69) is 5.32 Å². The van der Waals surface area contributed by atoms with Crippen LogP contribution in [-0.2, 0) is 20.6 Å². The molecule has 2 aromatic rings. The summed E-state index contributed by atoms with van der Waals surface area (Å²) < 4.78 is 25.9. The van der Waals surface area contributed by atoms with Crippen molar-refractivity contribution in [3.8, 4) is 0 Å². The molecule has 0 aromatic heterocycles. The van der Waals surface area contributed by atoms with Crippen LogP contribution in [0.15, 0.2) is 53.4 Å². The maximum Gasteiger partial charge on any atom is 0.242 e. The number of sulfonamides is 1. The lowest BCUT2D eigenvalue weighted by atomic mass is 10.2. The van der Waals surface area contributed by atoms with E-state index in [9.17, 15) is 13.2 Å². The molecular weight excluding hydrogens is 382 g/mol. The molecule has 0 spiro atoms. The Morgan fingerprint density at radius 2 is 1.70 bits per heavy atom. The third kappa shape index (κ3) is 5.72. The Bertz CT molecular complexity index is 882. The molecule has 0 atom stereocenters. The Labute approximate surface area is 165 Å². The summed E-state index contributed by atoms with van der Waals surface area (Å²) in [6.45, 7) is 0. The van der Waals surface area contributed by atoms with E-state index in [0.717, 1.165) is 21.3 Å². The van der Waals surface area contributed by atoms with Crippen molar-refractivity contribution in [2.24, 2.45) is 0 Å². The van der Waals surface area contributed by atoms with E-state index in [1.54, 1.807) is 12.1 Å². The quantitative estimate of drug-likeness (QED) is 0.729. The van der Waals surface area contributed by atoms with Crippen LogP contribution in [0.4, 0.5) is 11.4 Å². The SMILES string of the molecule is CN(C)c1ccc(S(=O)(=O)N(C)C)cc1NC(=O)CSCc1ccccc1. The molecule has 0 bridgehead atoms. The van der Waals surface area contributed by atoms with Crippen LogP contribution >= 0.6 is 11.8 Å². The van der Waals surface area contributed by atoms with Crippen LogP contribution in [0.1, 0.15) is 5.56 Å². The number of nitrogens with zero attached hydrogens (tertiary/aromatic N) is 2. The van der Waals surface area contributed by atoms with Crippen molar-refractivity contribution in [1.29, 1.82) is 0 Å². The predicted molar refractivity (Wildman–Crippen MR) is 113 cm³/mol. The largest absolute Gasteiger partial charge is 0.376 e. The number of hydrogen-bond donors (Lipinski definition) is 1. The third-order valence-electron chi connectivity index (χ3n) is 3.85. The fourth-order valence-electron chi connectivity index (χ4n) is 2.40. The van der Waals surface area contributed by atoms with E-state index in [1.165, 1.54) is 31.9 Å². The zero-order valence-electron chi connectivity index (χ0n) is 16.0. The van der Waals surface area contributed by atoms with E-state index in [0.29, 0.717) is 5.69 Å². The number of hydrogen-bond acceptors (Lipinski definition) is 5. The molecule has 0 radical (unpaired) electrons. The summed E-state index contributed by atoms with van der Waals surface area (Å²) in [5.74, 6) is 0.856. The maximum absolute atomic E-state index is 12.4. The van der Waals surface area contributed by atoms with E-state index in [-0.39, 0.29) is 16.6 Å². The summed E-state index contributed by atoms with van der Waals surface area (Å²) >= 11 is 1.51. The first-order chi connectivity index (χ1) is 12.7. The predicted octanol–water partition coefficient (Wildman–Crippen LogP) is 2.87. The first kappa shape index (κ1) is 21.3. The number of thioether (sulfide) groups is 1. The normalized spacial score (nSPS) is 11.4. The van der Waals surface area contributed by atoms with Crippen molar-refractivity contribution in [1.82, 2.24) is 4.31 Å². The average molecular weight is 408 g/mol. The lowest BCUT2D eigenvalue weighted by Crippen LogP contribution is -2.23. The molecule has 27 heavy (non-hydrogen) atoms. The molecule has 146 valence electrons. The van der Waals surface area contributed by atoms with E-state index in [1.807, 2.05) is 49.3 Å². The van der Waals surface area contributed by atoms with Gasteiger partial charge in [-0.3, -0.25) is 4.79 Å². The summed E-state index contributed by atoms with van der Waals surface area (Å²) in [6.07, 6.45) is 0. The number of nitrogens with one attached hydrogen (secondary N) is 1. The van der Waals surface area contributed by atoms with Gasteiger partial charge < -0.3 is 10.2 Å². The van der Waals surface area contributed by atoms with Gasteiger partial charge in [-0.25, -0.2) is 12.7 Å². The highest BCUT2D eigenvalue weighted by atomic mass is 32.2. The van der Waals surface area contributed by atoms with Crippen LogP contribution in [0.5, 0.6) is 0 Å². The second-order valence-corrected chi connectivity index (χ2v) is 9.52. The van der Waals surface area contributed by atoms with Gasteiger partial charge in [0.15, 0.2) is 0 Å². The van der Waals surface area contributed by atoms with Gasteiger partial charge in [-0.1, -0.05) is 30.3 Å². The standard InChI is InChI=1S/C19H25N3O3S2/c1-21(2)18-11-10-16(27(24,25)22(3)4)12-17(18)20-19(23)14-26-13-15-8-6-5-7-9-15/h5-12H,13-14H2,1-4H3,(H,20,23).